The predicted octanol–water partition coefficient (Wildman–Crippen LogP) is 2.61. The van der Waals surface area contributed by atoms with Crippen molar-refractivity contribution in [1.29, 1.82) is 0 Å². The molecule has 0 atom stereocenters. The van der Waals surface area contributed by atoms with Crippen molar-refractivity contribution in [1.82, 2.24) is 15.2 Å². The van der Waals surface area contributed by atoms with Gasteiger partial charge in [-0.1, -0.05) is 43.4 Å². The highest BCUT2D eigenvalue weighted by Gasteiger charge is 2.18. The van der Waals surface area contributed by atoms with Crippen molar-refractivity contribution in [3.05, 3.63) is 33.2 Å². The Hall–Kier alpha value is -2.22. The van der Waals surface area contributed by atoms with E-state index in [1.54, 1.807) is 0 Å². The molecule has 0 unspecified atom stereocenters. The number of ether oxygens (including phenoxy) is 1. The molecule has 2 aromatic heterocycles. The molecule has 7 nitrogen and oxygen atoms in total. The number of nitrogens with one attached hydrogen (secondary N) is 2. The van der Waals surface area contributed by atoms with Gasteiger partial charge in [-0.15, -0.1) is 10.2 Å². The summed E-state index contributed by atoms with van der Waals surface area (Å²) in [6.07, 6.45) is 8.66. The molecule has 3 rings (SSSR count). The fourth-order valence-electron chi connectivity index (χ4n) is 2.99. The van der Waals surface area contributed by atoms with Crippen LogP contribution in [0.4, 0.5) is 5.13 Å². The maximum absolute atomic E-state index is 12.3. The van der Waals surface area contributed by atoms with Crippen LogP contribution in [0.3, 0.4) is 0 Å². The van der Waals surface area contributed by atoms with Gasteiger partial charge in [0, 0.05) is 18.7 Å². The minimum atomic E-state index is -0.386. The number of amides is 1. The number of rotatable bonds is 5. The minimum absolute atomic E-state index is 0.225. The maximum Gasteiger partial charge on any atom is 0.262 e. The largest absolute Gasteiger partial charge is 0.496 e. The monoisotopic (exact) mass is 348 g/mol. The fourth-order valence-corrected chi connectivity index (χ4v) is 3.84. The Morgan fingerprint density at radius 2 is 2.17 bits per heavy atom. The first-order chi connectivity index (χ1) is 11.7. The second kappa shape index (κ2) is 7.57. The zero-order chi connectivity index (χ0) is 16.9. The first kappa shape index (κ1) is 16.6. The van der Waals surface area contributed by atoms with Crippen LogP contribution in [-0.4, -0.2) is 28.2 Å². The van der Waals surface area contributed by atoms with E-state index in [9.17, 15) is 9.59 Å². The van der Waals surface area contributed by atoms with Gasteiger partial charge in [0.15, 0.2) is 0 Å². The van der Waals surface area contributed by atoms with Crippen LogP contribution in [0.1, 0.15) is 47.5 Å². The van der Waals surface area contributed by atoms with E-state index in [0.717, 1.165) is 11.4 Å². The molecule has 0 aliphatic heterocycles. The van der Waals surface area contributed by atoms with Crippen LogP contribution in [0.5, 0.6) is 5.75 Å². The van der Waals surface area contributed by atoms with Crippen LogP contribution in [0.25, 0.3) is 0 Å². The number of carbonyl (C=O) groups is 1. The van der Waals surface area contributed by atoms with Crippen LogP contribution in [-0.2, 0) is 6.42 Å². The number of hydrogen-bond acceptors (Lipinski definition) is 6. The van der Waals surface area contributed by atoms with Gasteiger partial charge < -0.3 is 9.72 Å². The van der Waals surface area contributed by atoms with Crippen molar-refractivity contribution >= 4 is 22.4 Å². The van der Waals surface area contributed by atoms with E-state index in [1.807, 2.05) is 0 Å². The van der Waals surface area contributed by atoms with Gasteiger partial charge in [0.25, 0.3) is 11.5 Å². The number of carbonyl (C=O) groups excluding carboxylic acids is 1. The summed E-state index contributed by atoms with van der Waals surface area (Å²) in [4.78, 5) is 26.1. The Morgan fingerprint density at radius 3 is 2.92 bits per heavy atom. The average molecular weight is 348 g/mol. The Labute approximate surface area is 143 Å². The molecule has 1 amide bonds. The molecule has 2 aromatic rings. The van der Waals surface area contributed by atoms with Gasteiger partial charge in [0.2, 0.25) is 5.13 Å². The third kappa shape index (κ3) is 4.00. The van der Waals surface area contributed by atoms with Crippen molar-refractivity contribution in [2.45, 2.75) is 38.5 Å². The number of methoxy groups -OCH3 is 1. The van der Waals surface area contributed by atoms with Gasteiger partial charge in [0.1, 0.15) is 10.8 Å². The van der Waals surface area contributed by atoms with Gasteiger partial charge in [-0.25, -0.2) is 0 Å². The molecule has 1 saturated carbocycles. The highest BCUT2D eigenvalue weighted by atomic mass is 32.1. The minimum Gasteiger partial charge on any atom is -0.496 e. The Morgan fingerprint density at radius 1 is 1.38 bits per heavy atom. The predicted molar refractivity (Wildman–Crippen MR) is 91.8 cm³/mol. The van der Waals surface area contributed by atoms with Gasteiger partial charge in [0.05, 0.1) is 12.7 Å². The van der Waals surface area contributed by atoms with Gasteiger partial charge in [-0.2, -0.15) is 0 Å². The molecule has 0 saturated heterocycles. The lowest BCUT2D eigenvalue weighted by atomic mass is 9.87. The van der Waals surface area contributed by atoms with E-state index in [-0.39, 0.29) is 22.8 Å². The number of nitrogens with zero attached hydrogens (tertiary/aromatic N) is 2. The standard InChI is InChI=1S/C16H20N4O3S/c1-23-12-8-13(21)17-9-11(12)15(22)18-16-20-19-14(24-16)7-10-5-3-2-4-6-10/h8-10H,2-7H2,1H3,(H,17,21)(H,18,20,22). The second-order valence-electron chi connectivity index (χ2n) is 5.94. The van der Waals surface area contributed by atoms with E-state index in [0.29, 0.717) is 11.0 Å². The third-order valence-corrected chi connectivity index (χ3v) is 5.09. The van der Waals surface area contributed by atoms with Crippen molar-refractivity contribution in [2.75, 3.05) is 12.4 Å². The Kier molecular flexibility index (Phi) is 5.24. The summed E-state index contributed by atoms with van der Waals surface area (Å²) in [5.41, 5.74) is -0.0739. The number of pyridine rings is 1. The SMILES string of the molecule is COc1cc(=O)[nH]cc1C(=O)Nc1nnc(CC2CCCCC2)s1. The third-order valence-electron chi connectivity index (χ3n) is 4.23. The molecule has 128 valence electrons. The van der Waals surface area contributed by atoms with Crippen LogP contribution >= 0.6 is 11.3 Å². The summed E-state index contributed by atoms with van der Waals surface area (Å²) >= 11 is 1.40. The first-order valence-electron chi connectivity index (χ1n) is 8.06. The summed E-state index contributed by atoms with van der Waals surface area (Å²) in [6.45, 7) is 0. The molecule has 2 heterocycles. The highest BCUT2D eigenvalue weighted by Crippen LogP contribution is 2.28. The van der Waals surface area contributed by atoms with Crippen molar-refractivity contribution in [3.8, 4) is 5.75 Å². The maximum atomic E-state index is 12.3. The number of aromatic amines is 1. The van der Waals surface area contributed by atoms with Gasteiger partial charge in [-0.3, -0.25) is 14.9 Å². The summed E-state index contributed by atoms with van der Waals surface area (Å²) in [6, 6.07) is 1.24. The summed E-state index contributed by atoms with van der Waals surface area (Å²) < 4.78 is 5.08. The molecule has 2 N–H and O–H groups in total. The molecule has 24 heavy (non-hydrogen) atoms. The summed E-state index contributed by atoms with van der Waals surface area (Å²) in [5, 5.41) is 12.3. The van der Waals surface area contributed by atoms with Gasteiger partial charge in [-0.05, 0) is 5.92 Å². The molecule has 0 aromatic carbocycles. The highest BCUT2D eigenvalue weighted by molar-refractivity contribution is 7.15. The van der Waals surface area contributed by atoms with Crippen LogP contribution < -0.4 is 15.6 Å². The lowest BCUT2D eigenvalue weighted by molar-refractivity contribution is 0.102. The Balaban J connectivity index is 1.66. The number of hydrogen-bond donors (Lipinski definition) is 2. The van der Waals surface area contributed by atoms with Crippen molar-refractivity contribution in [3.63, 3.8) is 0 Å². The smallest absolute Gasteiger partial charge is 0.262 e. The van der Waals surface area contributed by atoms with Crippen molar-refractivity contribution in [2.24, 2.45) is 5.92 Å². The van der Waals surface area contributed by atoms with Gasteiger partial charge >= 0.3 is 0 Å². The van der Waals surface area contributed by atoms with E-state index < -0.39 is 0 Å². The molecule has 1 aliphatic carbocycles. The number of anilines is 1. The van der Waals surface area contributed by atoms with Crippen molar-refractivity contribution < 1.29 is 9.53 Å². The lowest BCUT2D eigenvalue weighted by Crippen LogP contribution is -2.16. The molecular weight excluding hydrogens is 328 g/mol. The first-order valence-corrected chi connectivity index (χ1v) is 8.88. The normalized spacial score (nSPS) is 15.2. The Bertz CT molecular complexity index is 765. The van der Waals surface area contributed by atoms with E-state index >= 15 is 0 Å². The fraction of sp³-hybridized carbons (Fsp3) is 0.500. The zero-order valence-electron chi connectivity index (χ0n) is 13.5. The van der Waals surface area contributed by atoms with Crippen LogP contribution in [0.15, 0.2) is 17.1 Å². The molecule has 0 spiro atoms. The molecule has 8 heteroatoms. The molecule has 1 fully saturated rings. The topological polar surface area (TPSA) is 97.0 Å². The molecular formula is C16H20N4O3S. The molecule has 0 radical (unpaired) electrons. The number of H-pyrrole nitrogens is 1. The van der Waals surface area contributed by atoms with Crippen LogP contribution in [0.2, 0.25) is 0 Å². The summed E-state index contributed by atoms with van der Waals surface area (Å²) in [7, 11) is 1.42. The molecule has 0 bridgehead atoms. The second-order valence-corrected chi connectivity index (χ2v) is 7.00. The lowest BCUT2D eigenvalue weighted by Gasteiger charge is -2.19. The number of aromatic nitrogens is 3. The zero-order valence-corrected chi connectivity index (χ0v) is 14.3. The summed E-state index contributed by atoms with van der Waals surface area (Å²) in [5.74, 6) is 0.515. The quantitative estimate of drug-likeness (QED) is 0.866. The molecule has 1 aliphatic rings. The van der Waals surface area contributed by atoms with E-state index in [4.69, 9.17) is 4.74 Å². The van der Waals surface area contributed by atoms with E-state index in [2.05, 4.69) is 20.5 Å². The van der Waals surface area contributed by atoms with E-state index in [1.165, 1.54) is 62.8 Å². The van der Waals surface area contributed by atoms with Crippen LogP contribution in [0, 0.1) is 5.92 Å². The average Bonchev–Trinajstić information content (AvgIpc) is 3.02.